The van der Waals surface area contributed by atoms with Crippen molar-refractivity contribution in [3.63, 3.8) is 0 Å². The van der Waals surface area contributed by atoms with Crippen molar-refractivity contribution in [1.29, 1.82) is 0 Å². The van der Waals surface area contributed by atoms with Crippen LogP contribution >= 0.6 is 0 Å². The summed E-state index contributed by atoms with van der Waals surface area (Å²) in [5.74, 6) is -1.07. The van der Waals surface area contributed by atoms with Crippen LogP contribution in [0.3, 0.4) is 0 Å². The van der Waals surface area contributed by atoms with Crippen molar-refractivity contribution in [1.82, 2.24) is 10.3 Å². The van der Waals surface area contributed by atoms with E-state index in [-0.39, 0.29) is 54.6 Å². The Morgan fingerprint density at radius 2 is 1.97 bits per heavy atom. The van der Waals surface area contributed by atoms with Gasteiger partial charge in [-0.05, 0) is 36.6 Å². The lowest BCUT2D eigenvalue weighted by atomic mass is 10.1. The fourth-order valence-electron chi connectivity index (χ4n) is 3.94. The number of hydrogen-bond donors (Lipinski definition) is 2. The summed E-state index contributed by atoms with van der Waals surface area (Å²) < 4.78 is 24.7. The summed E-state index contributed by atoms with van der Waals surface area (Å²) >= 11 is 0. The van der Waals surface area contributed by atoms with E-state index in [0.29, 0.717) is 26.1 Å². The number of benzene rings is 2. The third kappa shape index (κ3) is 8.48. The number of nitrogens with one attached hydrogen (secondary N) is 1. The summed E-state index contributed by atoms with van der Waals surface area (Å²) in [5.41, 5.74) is 9.02. The number of rotatable bonds is 15. The number of amides is 1. The van der Waals surface area contributed by atoms with E-state index in [1.54, 1.807) is 12.1 Å². The first-order chi connectivity index (χ1) is 17.9. The molecule has 1 aliphatic heterocycles. The number of primary amides is 1. The smallest absolute Gasteiger partial charge is 0.298 e. The minimum atomic E-state index is -0.820. The minimum Gasteiger partial charge on any atom is -0.491 e. The second-order valence-electron chi connectivity index (χ2n) is 8.54. The third-order valence-electron chi connectivity index (χ3n) is 5.88. The maximum atomic E-state index is 13.3. The van der Waals surface area contributed by atoms with E-state index in [1.165, 1.54) is 23.2 Å². The summed E-state index contributed by atoms with van der Waals surface area (Å²) in [4.78, 5) is 36.5. The highest BCUT2D eigenvalue weighted by Crippen LogP contribution is 2.39. The number of halogens is 1. The number of nitro benzene ring substituents is 1. The van der Waals surface area contributed by atoms with Gasteiger partial charge < -0.3 is 20.0 Å². The number of unbranched alkanes of at least 4 members (excludes halogenated alkanes) is 1. The van der Waals surface area contributed by atoms with E-state index in [9.17, 15) is 24.1 Å². The Balaban J connectivity index is 1.87. The largest absolute Gasteiger partial charge is 0.491 e. The van der Waals surface area contributed by atoms with Gasteiger partial charge in [0.05, 0.1) is 24.7 Å². The Morgan fingerprint density at radius 1 is 1.24 bits per heavy atom. The molecular formula is C25H32FN5O6. The Labute approximate surface area is 214 Å². The van der Waals surface area contributed by atoms with Crippen molar-refractivity contribution in [3.8, 4) is 5.75 Å². The molecule has 12 heteroatoms. The molecular weight excluding hydrogens is 485 g/mol. The average Bonchev–Trinajstić information content (AvgIpc) is 2.89. The number of nitro groups is 1. The van der Waals surface area contributed by atoms with E-state index >= 15 is 0 Å². The Hall–Kier alpha value is -3.61. The van der Waals surface area contributed by atoms with Gasteiger partial charge in [-0.2, -0.15) is 0 Å². The minimum absolute atomic E-state index is 0.0509. The van der Waals surface area contributed by atoms with Crippen LogP contribution in [0.5, 0.6) is 5.75 Å². The quantitative estimate of drug-likeness (QED) is 0.158. The number of morpholine rings is 1. The highest BCUT2D eigenvalue weighted by molar-refractivity contribution is 5.95. The number of aldehydes is 1. The molecule has 0 bridgehead atoms. The standard InChI is InChI=1S/C25H32FN5O6/c26-21-6-4-19(5-7-21)18-28-30(9-1-2-12-32)24-22(31(34)35)16-20(25(27)33)17-23(24)37-13-3-8-29-10-14-36-15-11-29/h4-7,12,16-17,28H,1-3,8-11,13-15,18H2,(H2,27,33). The lowest BCUT2D eigenvalue weighted by Gasteiger charge is -2.28. The predicted octanol–water partition coefficient (Wildman–Crippen LogP) is 2.42. The number of carbonyl (C=O) groups excluding carboxylic acids is 2. The van der Waals surface area contributed by atoms with Crippen LogP contribution in [0.4, 0.5) is 15.8 Å². The van der Waals surface area contributed by atoms with Crippen LogP contribution in [-0.2, 0) is 16.1 Å². The van der Waals surface area contributed by atoms with Gasteiger partial charge in [0.2, 0.25) is 5.91 Å². The molecule has 0 atom stereocenters. The molecule has 3 rings (SSSR count). The molecule has 0 aromatic heterocycles. The lowest BCUT2D eigenvalue weighted by molar-refractivity contribution is -0.384. The van der Waals surface area contributed by atoms with Gasteiger partial charge in [-0.25, -0.2) is 9.82 Å². The molecule has 200 valence electrons. The van der Waals surface area contributed by atoms with Gasteiger partial charge in [0.15, 0.2) is 11.4 Å². The van der Waals surface area contributed by atoms with E-state index in [2.05, 4.69) is 10.3 Å². The number of nitrogens with zero attached hydrogens (tertiary/aromatic N) is 3. The summed E-state index contributed by atoms with van der Waals surface area (Å²) in [6.45, 7) is 4.48. The molecule has 1 saturated heterocycles. The van der Waals surface area contributed by atoms with E-state index in [4.69, 9.17) is 15.2 Å². The van der Waals surface area contributed by atoms with Crippen molar-refractivity contribution in [3.05, 3.63) is 63.5 Å². The van der Waals surface area contributed by atoms with Crippen molar-refractivity contribution >= 4 is 23.6 Å². The number of hydrogen-bond acceptors (Lipinski definition) is 9. The molecule has 0 aliphatic carbocycles. The Bertz CT molecular complexity index is 1060. The van der Waals surface area contributed by atoms with Gasteiger partial charge in [-0.3, -0.25) is 24.8 Å². The molecule has 1 amide bonds. The number of carbonyl (C=O) groups is 2. The molecule has 0 saturated carbocycles. The average molecular weight is 518 g/mol. The normalized spacial score (nSPS) is 13.8. The number of anilines is 1. The second kappa shape index (κ2) is 14.2. The summed E-state index contributed by atoms with van der Waals surface area (Å²) in [7, 11) is 0. The molecule has 2 aromatic carbocycles. The molecule has 11 nitrogen and oxygen atoms in total. The number of hydrazine groups is 1. The zero-order chi connectivity index (χ0) is 26.6. The highest BCUT2D eigenvalue weighted by atomic mass is 19.1. The molecule has 1 fully saturated rings. The van der Waals surface area contributed by atoms with Gasteiger partial charge in [0, 0.05) is 50.8 Å². The summed E-state index contributed by atoms with van der Waals surface area (Å²) in [6.07, 6.45) is 2.08. The summed E-state index contributed by atoms with van der Waals surface area (Å²) in [6, 6.07) is 8.34. The van der Waals surface area contributed by atoms with Crippen molar-refractivity contribution in [2.45, 2.75) is 25.8 Å². The van der Waals surface area contributed by atoms with E-state index in [1.807, 2.05) is 0 Å². The van der Waals surface area contributed by atoms with E-state index in [0.717, 1.165) is 37.6 Å². The maximum absolute atomic E-state index is 13.3. The zero-order valence-corrected chi connectivity index (χ0v) is 20.6. The Kier molecular flexibility index (Phi) is 10.7. The maximum Gasteiger partial charge on any atom is 0.298 e. The van der Waals surface area contributed by atoms with Gasteiger partial charge in [-0.1, -0.05) is 12.1 Å². The van der Waals surface area contributed by atoms with Gasteiger partial charge in [0.1, 0.15) is 12.1 Å². The molecule has 1 aliphatic rings. The van der Waals surface area contributed by atoms with Crippen molar-refractivity contribution < 1.29 is 28.4 Å². The molecule has 37 heavy (non-hydrogen) atoms. The monoisotopic (exact) mass is 517 g/mol. The van der Waals surface area contributed by atoms with Crippen LogP contribution in [0, 0.1) is 15.9 Å². The fourth-order valence-corrected chi connectivity index (χ4v) is 3.94. The topological polar surface area (TPSA) is 140 Å². The van der Waals surface area contributed by atoms with Gasteiger partial charge >= 0.3 is 0 Å². The lowest BCUT2D eigenvalue weighted by Crippen LogP contribution is -2.39. The van der Waals surface area contributed by atoms with Crippen LogP contribution in [0.1, 0.15) is 35.2 Å². The molecule has 0 radical (unpaired) electrons. The molecule has 1 heterocycles. The molecule has 3 N–H and O–H groups in total. The first-order valence-corrected chi connectivity index (χ1v) is 12.1. The first-order valence-electron chi connectivity index (χ1n) is 12.1. The van der Waals surface area contributed by atoms with Crippen LogP contribution in [-0.4, -0.2) is 68.0 Å². The van der Waals surface area contributed by atoms with E-state index < -0.39 is 10.8 Å². The SMILES string of the molecule is NC(=O)c1cc(OCCCN2CCOCC2)c(N(CCCC=O)NCc2ccc(F)cc2)c([N+](=O)[O-])c1. The van der Waals surface area contributed by atoms with Crippen molar-refractivity contribution in [2.24, 2.45) is 5.73 Å². The first kappa shape index (κ1) is 28.0. The van der Waals surface area contributed by atoms with Crippen LogP contribution in [0.2, 0.25) is 0 Å². The molecule has 0 unspecified atom stereocenters. The molecule has 0 spiro atoms. The fraction of sp³-hybridized carbons (Fsp3) is 0.440. The zero-order valence-electron chi connectivity index (χ0n) is 20.6. The molecule has 2 aromatic rings. The highest BCUT2D eigenvalue weighted by Gasteiger charge is 2.27. The van der Waals surface area contributed by atoms with Crippen LogP contribution in [0.15, 0.2) is 36.4 Å². The number of ether oxygens (including phenoxy) is 2. The Morgan fingerprint density at radius 3 is 2.62 bits per heavy atom. The predicted molar refractivity (Wildman–Crippen MR) is 135 cm³/mol. The number of nitrogens with two attached hydrogens (primary N) is 1. The van der Waals surface area contributed by atoms with Crippen LogP contribution < -0.4 is 20.9 Å². The van der Waals surface area contributed by atoms with Crippen LogP contribution in [0.25, 0.3) is 0 Å². The second-order valence-corrected chi connectivity index (χ2v) is 8.54. The van der Waals surface area contributed by atoms with Gasteiger partial charge in [-0.15, -0.1) is 0 Å². The van der Waals surface area contributed by atoms with Gasteiger partial charge in [0.25, 0.3) is 5.69 Å². The van der Waals surface area contributed by atoms with Crippen molar-refractivity contribution in [2.75, 3.05) is 51.0 Å². The third-order valence-corrected chi connectivity index (χ3v) is 5.88. The summed E-state index contributed by atoms with van der Waals surface area (Å²) in [5, 5.41) is 13.6.